The Morgan fingerprint density at radius 3 is 2.68 bits per heavy atom. The van der Waals surface area contributed by atoms with Gasteiger partial charge in [-0.05, 0) is 38.4 Å². The third-order valence-electron chi connectivity index (χ3n) is 4.02. The Kier molecular flexibility index (Phi) is 8.46. The van der Waals surface area contributed by atoms with Crippen LogP contribution < -0.4 is 10.6 Å². The second-order valence-electron chi connectivity index (χ2n) is 5.88. The van der Waals surface area contributed by atoms with Crippen LogP contribution in [0, 0.1) is 6.92 Å². The third kappa shape index (κ3) is 5.95. The molecule has 124 valence electrons. The summed E-state index contributed by atoms with van der Waals surface area (Å²) in [6.45, 7) is 8.42. The van der Waals surface area contributed by atoms with Crippen LogP contribution in [0.5, 0.6) is 0 Å². The fourth-order valence-corrected chi connectivity index (χ4v) is 2.78. The van der Waals surface area contributed by atoms with E-state index in [9.17, 15) is 4.79 Å². The van der Waals surface area contributed by atoms with Crippen LogP contribution in [0.4, 0.5) is 0 Å². The van der Waals surface area contributed by atoms with Crippen molar-refractivity contribution in [2.45, 2.75) is 39.3 Å². The van der Waals surface area contributed by atoms with Gasteiger partial charge in [-0.1, -0.05) is 36.8 Å². The van der Waals surface area contributed by atoms with Gasteiger partial charge in [-0.25, -0.2) is 0 Å². The fraction of sp³-hybridized carbons (Fsp3) is 0.588. The molecule has 0 aromatic heterocycles. The molecule has 1 fully saturated rings. The molecule has 2 rings (SSSR count). The molecule has 0 saturated carbocycles. The molecule has 1 aromatic carbocycles. The second-order valence-corrected chi connectivity index (χ2v) is 5.88. The van der Waals surface area contributed by atoms with Crippen molar-refractivity contribution in [2.75, 3.05) is 26.2 Å². The van der Waals surface area contributed by atoms with E-state index in [-0.39, 0.29) is 18.3 Å². The number of halogens is 1. The first-order chi connectivity index (χ1) is 10.2. The Morgan fingerprint density at radius 1 is 1.36 bits per heavy atom. The van der Waals surface area contributed by atoms with Gasteiger partial charge in [0, 0.05) is 19.1 Å². The van der Waals surface area contributed by atoms with Gasteiger partial charge in [-0.15, -0.1) is 12.4 Å². The Hall–Kier alpha value is -1.10. The lowest BCUT2D eigenvalue weighted by molar-refractivity contribution is -0.122. The minimum atomic E-state index is 0. The summed E-state index contributed by atoms with van der Waals surface area (Å²) in [5, 5.41) is 6.40. The Balaban J connectivity index is 0.00000242. The summed E-state index contributed by atoms with van der Waals surface area (Å²) in [6, 6.07) is 8.81. The van der Waals surface area contributed by atoms with Crippen LogP contribution in [-0.2, 0) is 11.3 Å². The van der Waals surface area contributed by atoms with E-state index in [0.29, 0.717) is 19.1 Å². The summed E-state index contributed by atoms with van der Waals surface area (Å²) in [7, 11) is 0. The number of amides is 1. The molecule has 0 spiro atoms. The van der Waals surface area contributed by atoms with Crippen molar-refractivity contribution in [1.29, 1.82) is 0 Å². The number of hydrogen-bond donors (Lipinski definition) is 2. The third-order valence-corrected chi connectivity index (χ3v) is 4.02. The van der Waals surface area contributed by atoms with E-state index >= 15 is 0 Å². The van der Waals surface area contributed by atoms with E-state index in [1.165, 1.54) is 5.56 Å². The minimum absolute atomic E-state index is 0. The highest BCUT2D eigenvalue weighted by Gasteiger charge is 2.23. The molecule has 4 nitrogen and oxygen atoms in total. The lowest BCUT2D eigenvalue weighted by Crippen LogP contribution is -2.44. The first-order valence-corrected chi connectivity index (χ1v) is 7.96. The molecule has 2 N–H and O–H groups in total. The topological polar surface area (TPSA) is 44.4 Å². The standard InChI is InChI=1S/C17H27N3O.ClH/c1-3-10-20(16-8-9-18-12-16)13-17(21)19-11-15-6-4-14(2)5-7-15;/h4-7,16,18H,3,8-13H2,1-2H3,(H,19,21);1H. The highest BCUT2D eigenvalue weighted by molar-refractivity contribution is 5.85. The maximum atomic E-state index is 12.2. The maximum absolute atomic E-state index is 12.2. The molecule has 1 saturated heterocycles. The number of hydrogen-bond acceptors (Lipinski definition) is 3. The molecule has 1 atom stereocenters. The first-order valence-electron chi connectivity index (χ1n) is 7.96. The molecule has 1 amide bonds. The monoisotopic (exact) mass is 325 g/mol. The zero-order chi connectivity index (χ0) is 15.1. The fourth-order valence-electron chi connectivity index (χ4n) is 2.78. The smallest absolute Gasteiger partial charge is 0.234 e. The molecule has 0 radical (unpaired) electrons. The van der Waals surface area contributed by atoms with Crippen LogP contribution in [0.2, 0.25) is 0 Å². The van der Waals surface area contributed by atoms with Crippen molar-refractivity contribution in [2.24, 2.45) is 0 Å². The van der Waals surface area contributed by atoms with Crippen LogP contribution >= 0.6 is 12.4 Å². The van der Waals surface area contributed by atoms with E-state index in [2.05, 4.69) is 53.6 Å². The highest BCUT2D eigenvalue weighted by atomic mass is 35.5. The molecular formula is C17H28ClN3O. The summed E-state index contributed by atoms with van der Waals surface area (Å²) < 4.78 is 0. The SMILES string of the molecule is CCCN(CC(=O)NCc1ccc(C)cc1)C1CCNC1.Cl. The molecule has 22 heavy (non-hydrogen) atoms. The summed E-state index contributed by atoms with van der Waals surface area (Å²) in [5.41, 5.74) is 2.39. The number of nitrogens with zero attached hydrogens (tertiary/aromatic N) is 1. The summed E-state index contributed by atoms with van der Waals surface area (Å²) >= 11 is 0. The van der Waals surface area contributed by atoms with Gasteiger partial charge < -0.3 is 10.6 Å². The average Bonchev–Trinajstić information content (AvgIpc) is 3.00. The van der Waals surface area contributed by atoms with Crippen molar-refractivity contribution in [3.63, 3.8) is 0 Å². The number of rotatable bonds is 7. The van der Waals surface area contributed by atoms with Gasteiger partial charge in [-0.3, -0.25) is 9.69 Å². The normalized spacial score (nSPS) is 17.3. The Morgan fingerprint density at radius 2 is 2.09 bits per heavy atom. The number of nitrogens with one attached hydrogen (secondary N) is 2. The van der Waals surface area contributed by atoms with E-state index in [0.717, 1.165) is 38.0 Å². The van der Waals surface area contributed by atoms with Gasteiger partial charge in [0.25, 0.3) is 0 Å². The molecule has 1 aliphatic heterocycles. The van der Waals surface area contributed by atoms with Crippen molar-refractivity contribution >= 4 is 18.3 Å². The van der Waals surface area contributed by atoms with E-state index in [1.54, 1.807) is 0 Å². The number of carbonyl (C=O) groups is 1. The molecular weight excluding hydrogens is 298 g/mol. The molecule has 1 heterocycles. The largest absolute Gasteiger partial charge is 0.351 e. The second kappa shape index (κ2) is 9.82. The highest BCUT2D eigenvalue weighted by Crippen LogP contribution is 2.09. The van der Waals surface area contributed by atoms with Crippen LogP contribution in [0.3, 0.4) is 0 Å². The zero-order valence-electron chi connectivity index (χ0n) is 13.6. The maximum Gasteiger partial charge on any atom is 0.234 e. The molecule has 0 aliphatic carbocycles. The van der Waals surface area contributed by atoms with Gasteiger partial charge in [0.15, 0.2) is 0 Å². The van der Waals surface area contributed by atoms with Crippen LogP contribution in [0.25, 0.3) is 0 Å². The minimum Gasteiger partial charge on any atom is -0.351 e. The molecule has 1 aromatic rings. The predicted octanol–water partition coefficient (Wildman–Crippen LogP) is 2.11. The van der Waals surface area contributed by atoms with Gasteiger partial charge in [0.1, 0.15) is 0 Å². The number of carbonyl (C=O) groups excluding carboxylic acids is 1. The molecule has 5 heteroatoms. The Labute approximate surface area is 140 Å². The summed E-state index contributed by atoms with van der Waals surface area (Å²) in [6.07, 6.45) is 2.23. The Bertz CT molecular complexity index is 444. The zero-order valence-corrected chi connectivity index (χ0v) is 14.4. The van der Waals surface area contributed by atoms with Crippen LogP contribution in [-0.4, -0.2) is 43.0 Å². The lowest BCUT2D eigenvalue weighted by atomic mass is 10.1. The number of aryl methyl sites for hydroxylation is 1. The summed E-state index contributed by atoms with van der Waals surface area (Å²) in [5.74, 6) is 0.121. The molecule has 1 aliphatic rings. The summed E-state index contributed by atoms with van der Waals surface area (Å²) in [4.78, 5) is 14.5. The van der Waals surface area contributed by atoms with Gasteiger partial charge in [-0.2, -0.15) is 0 Å². The first kappa shape index (κ1) is 18.9. The molecule has 0 bridgehead atoms. The molecule has 1 unspecified atom stereocenters. The van der Waals surface area contributed by atoms with Crippen molar-refractivity contribution < 1.29 is 4.79 Å². The van der Waals surface area contributed by atoms with Crippen LogP contribution in [0.1, 0.15) is 30.9 Å². The van der Waals surface area contributed by atoms with E-state index in [4.69, 9.17) is 0 Å². The van der Waals surface area contributed by atoms with Crippen LogP contribution in [0.15, 0.2) is 24.3 Å². The van der Waals surface area contributed by atoms with Gasteiger partial charge in [0.05, 0.1) is 6.54 Å². The lowest BCUT2D eigenvalue weighted by Gasteiger charge is -2.27. The number of benzene rings is 1. The predicted molar refractivity (Wildman–Crippen MR) is 93.4 cm³/mol. The van der Waals surface area contributed by atoms with Gasteiger partial charge in [0.2, 0.25) is 5.91 Å². The van der Waals surface area contributed by atoms with Crippen molar-refractivity contribution in [3.8, 4) is 0 Å². The van der Waals surface area contributed by atoms with Crippen molar-refractivity contribution in [3.05, 3.63) is 35.4 Å². The van der Waals surface area contributed by atoms with E-state index in [1.807, 2.05) is 0 Å². The van der Waals surface area contributed by atoms with Crippen molar-refractivity contribution in [1.82, 2.24) is 15.5 Å². The van der Waals surface area contributed by atoms with E-state index < -0.39 is 0 Å². The quantitative estimate of drug-likeness (QED) is 0.807. The average molecular weight is 326 g/mol. The van der Waals surface area contributed by atoms with Gasteiger partial charge >= 0.3 is 0 Å².